The minimum absolute atomic E-state index is 0.0147. The van der Waals surface area contributed by atoms with E-state index in [9.17, 15) is 4.79 Å². The van der Waals surface area contributed by atoms with Crippen molar-refractivity contribution in [2.45, 2.75) is 19.4 Å². The van der Waals surface area contributed by atoms with E-state index in [2.05, 4.69) is 15.5 Å². The summed E-state index contributed by atoms with van der Waals surface area (Å²) < 4.78 is 0. The fourth-order valence-corrected chi connectivity index (χ4v) is 3.74. The molecule has 1 aromatic heterocycles. The highest BCUT2D eigenvalue weighted by Crippen LogP contribution is 2.24. The number of aromatic nitrogens is 2. The molecule has 1 aromatic rings. The molecular formula is C10H16N4OS2. The topological polar surface area (TPSA) is 58.1 Å². The average molecular weight is 272 g/mol. The van der Waals surface area contributed by atoms with Crippen LogP contribution in [0.4, 0.5) is 5.13 Å². The van der Waals surface area contributed by atoms with E-state index in [1.165, 1.54) is 11.3 Å². The summed E-state index contributed by atoms with van der Waals surface area (Å²) in [5.41, 5.74) is 0. The van der Waals surface area contributed by atoms with Gasteiger partial charge in [0.05, 0.1) is 0 Å². The molecule has 0 radical (unpaired) electrons. The Morgan fingerprint density at radius 3 is 3.06 bits per heavy atom. The Morgan fingerprint density at radius 2 is 2.41 bits per heavy atom. The maximum atomic E-state index is 12.1. The number of hydrogen-bond acceptors (Lipinski definition) is 6. The van der Waals surface area contributed by atoms with Crippen molar-refractivity contribution in [3.63, 3.8) is 0 Å². The van der Waals surface area contributed by atoms with Crippen LogP contribution in [-0.2, 0) is 0 Å². The van der Waals surface area contributed by atoms with Crippen molar-refractivity contribution in [1.29, 1.82) is 0 Å². The molecule has 2 heterocycles. The zero-order valence-electron chi connectivity index (χ0n) is 9.97. The highest BCUT2D eigenvalue weighted by Gasteiger charge is 2.26. The van der Waals surface area contributed by atoms with Gasteiger partial charge in [-0.3, -0.25) is 4.79 Å². The maximum absolute atomic E-state index is 12.1. The molecule has 1 unspecified atom stereocenters. The molecule has 0 bridgehead atoms. The van der Waals surface area contributed by atoms with Gasteiger partial charge in [0.1, 0.15) is 0 Å². The predicted octanol–water partition coefficient (Wildman–Crippen LogP) is 1.55. The number of thioether (sulfide) groups is 1. The van der Waals surface area contributed by atoms with E-state index in [0.717, 1.165) is 24.5 Å². The van der Waals surface area contributed by atoms with Crippen molar-refractivity contribution in [1.82, 2.24) is 15.1 Å². The molecule has 5 nitrogen and oxygen atoms in total. The highest BCUT2D eigenvalue weighted by atomic mass is 32.2. The van der Waals surface area contributed by atoms with Crippen LogP contribution in [0.5, 0.6) is 0 Å². The normalized spacial score (nSPS) is 19.3. The first-order valence-corrected chi connectivity index (χ1v) is 7.61. The van der Waals surface area contributed by atoms with Gasteiger partial charge < -0.3 is 10.2 Å². The zero-order chi connectivity index (χ0) is 12.3. The van der Waals surface area contributed by atoms with Crippen LogP contribution in [0.1, 0.15) is 23.1 Å². The van der Waals surface area contributed by atoms with Crippen molar-refractivity contribution in [2.24, 2.45) is 0 Å². The smallest absolute Gasteiger partial charge is 0.284 e. The molecule has 1 aliphatic rings. The Bertz CT molecular complexity index is 389. The Labute approximate surface area is 109 Å². The fourth-order valence-electron chi connectivity index (χ4n) is 1.68. The van der Waals surface area contributed by atoms with Gasteiger partial charge >= 0.3 is 0 Å². The standard InChI is InChI=1S/C10H16N4OS2/c1-3-11-10-13-12-8(17-10)9(15)14(2)7-4-5-16-6-7/h7H,3-6H2,1-2H3,(H,11,13). The van der Waals surface area contributed by atoms with E-state index < -0.39 is 0 Å². The third-order valence-electron chi connectivity index (χ3n) is 2.71. The van der Waals surface area contributed by atoms with E-state index in [0.29, 0.717) is 16.2 Å². The lowest BCUT2D eigenvalue weighted by Gasteiger charge is -2.22. The van der Waals surface area contributed by atoms with Crippen molar-refractivity contribution >= 4 is 34.1 Å². The van der Waals surface area contributed by atoms with Gasteiger partial charge in [0.2, 0.25) is 10.1 Å². The number of anilines is 1. The number of amides is 1. The predicted molar refractivity (Wildman–Crippen MR) is 71.9 cm³/mol. The van der Waals surface area contributed by atoms with Crippen LogP contribution in [0.2, 0.25) is 0 Å². The van der Waals surface area contributed by atoms with E-state index in [1.807, 2.05) is 25.7 Å². The van der Waals surface area contributed by atoms with Crippen LogP contribution in [-0.4, -0.2) is 52.1 Å². The molecule has 0 saturated carbocycles. The highest BCUT2D eigenvalue weighted by molar-refractivity contribution is 7.99. The van der Waals surface area contributed by atoms with Crippen LogP contribution in [0.25, 0.3) is 0 Å². The van der Waals surface area contributed by atoms with Gasteiger partial charge in [-0.15, -0.1) is 10.2 Å². The molecule has 1 N–H and O–H groups in total. The SMILES string of the molecule is CCNc1nnc(C(=O)N(C)C2CCSC2)s1. The molecule has 17 heavy (non-hydrogen) atoms. The number of hydrogen-bond donors (Lipinski definition) is 1. The van der Waals surface area contributed by atoms with Crippen molar-refractivity contribution < 1.29 is 4.79 Å². The van der Waals surface area contributed by atoms with Gasteiger partial charge in [0.15, 0.2) is 0 Å². The molecule has 1 fully saturated rings. The van der Waals surface area contributed by atoms with Crippen molar-refractivity contribution in [2.75, 3.05) is 30.4 Å². The molecule has 1 amide bonds. The Morgan fingerprint density at radius 1 is 1.59 bits per heavy atom. The van der Waals surface area contributed by atoms with E-state index in [-0.39, 0.29) is 5.91 Å². The lowest BCUT2D eigenvalue weighted by molar-refractivity contribution is 0.0746. The third-order valence-corrected chi connectivity index (χ3v) is 4.72. The molecule has 7 heteroatoms. The second kappa shape index (κ2) is 5.68. The summed E-state index contributed by atoms with van der Waals surface area (Å²) in [6, 6.07) is 0.346. The number of carbonyl (C=O) groups excluding carboxylic acids is 1. The van der Waals surface area contributed by atoms with Crippen LogP contribution in [0.15, 0.2) is 0 Å². The summed E-state index contributed by atoms with van der Waals surface area (Å²) >= 11 is 3.22. The summed E-state index contributed by atoms with van der Waals surface area (Å²) in [4.78, 5) is 13.9. The van der Waals surface area contributed by atoms with Gasteiger partial charge in [-0.25, -0.2) is 0 Å². The van der Waals surface area contributed by atoms with Gasteiger partial charge in [-0.2, -0.15) is 11.8 Å². The summed E-state index contributed by atoms with van der Waals surface area (Å²) in [5, 5.41) is 12.1. The Balaban J connectivity index is 2.02. The molecule has 94 valence electrons. The lowest BCUT2D eigenvalue weighted by Crippen LogP contribution is -2.36. The second-order valence-electron chi connectivity index (χ2n) is 3.88. The monoisotopic (exact) mass is 272 g/mol. The summed E-state index contributed by atoms with van der Waals surface area (Å²) in [6.45, 7) is 2.78. The first-order valence-electron chi connectivity index (χ1n) is 5.64. The van der Waals surface area contributed by atoms with Gasteiger partial charge in [-0.05, 0) is 19.1 Å². The molecule has 1 saturated heterocycles. The number of rotatable bonds is 4. The first kappa shape index (κ1) is 12.6. The quantitative estimate of drug-likeness (QED) is 0.901. The number of carbonyl (C=O) groups is 1. The summed E-state index contributed by atoms with van der Waals surface area (Å²) in [5.74, 6) is 2.15. The van der Waals surface area contributed by atoms with Crippen LogP contribution >= 0.6 is 23.1 Å². The average Bonchev–Trinajstić information content (AvgIpc) is 2.98. The van der Waals surface area contributed by atoms with Crippen LogP contribution in [0.3, 0.4) is 0 Å². The minimum Gasteiger partial charge on any atom is -0.360 e. The molecule has 0 aliphatic carbocycles. The molecule has 2 rings (SSSR count). The first-order chi connectivity index (χ1) is 8.22. The number of nitrogens with one attached hydrogen (secondary N) is 1. The van der Waals surface area contributed by atoms with Gasteiger partial charge in [0.25, 0.3) is 5.91 Å². The maximum Gasteiger partial charge on any atom is 0.284 e. The molecule has 1 atom stereocenters. The largest absolute Gasteiger partial charge is 0.360 e. The second-order valence-corrected chi connectivity index (χ2v) is 6.00. The van der Waals surface area contributed by atoms with Crippen LogP contribution < -0.4 is 5.32 Å². The summed E-state index contributed by atoms with van der Waals surface area (Å²) in [6.07, 6.45) is 1.08. The van der Waals surface area contributed by atoms with Crippen LogP contribution in [0, 0.1) is 0 Å². The molecule has 0 spiro atoms. The minimum atomic E-state index is -0.0147. The summed E-state index contributed by atoms with van der Waals surface area (Å²) in [7, 11) is 1.85. The Kier molecular flexibility index (Phi) is 4.22. The van der Waals surface area contributed by atoms with Crippen molar-refractivity contribution in [3.8, 4) is 0 Å². The van der Waals surface area contributed by atoms with Crippen molar-refractivity contribution in [3.05, 3.63) is 5.01 Å². The molecular weight excluding hydrogens is 256 g/mol. The Hall–Kier alpha value is -0.820. The third kappa shape index (κ3) is 2.90. The van der Waals surface area contributed by atoms with E-state index >= 15 is 0 Å². The van der Waals surface area contributed by atoms with E-state index in [1.54, 1.807) is 4.90 Å². The number of nitrogens with zero attached hydrogens (tertiary/aromatic N) is 3. The van der Waals surface area contributed by atoms with Gasteiger partial charge in [-0.1, -0.05) is 11.3 Å². The molecule has 1 aliphatic heterocycles. The van der Waals surface area contributed by atoms with Gasteiger partial charge in [0, 0.05) is 25.4 Å². The van der Waals surface area contributed by atoms with E-state index in [4.69, 9.17) is 0 Å². The molecule has 0 aromatic carbocycles. The lowest BCUT2D eigenvalue weighted by atomic mass is 10.2. The fraction of sp³-hybridized carbons (Fsp3) is 0.700. The zero-order valence-corrected chi connectivity index (χ0v) is 11.6.